The Morgan fingerprint density at radius 3 is 2.00 bits per heavy atom. The maximum atomic E-state index is 12.4. The second-order valence-corrected chi connectivity index (χ2v) is 6.56. The van der Waals surface area contributed by atoms with E-state index >= 15 is 0 Å². The number of rotatable bonds is 5. The predicted octanol–water partition coefficient (Wildman–Crippen LogP) is 1.80. The molecule has 2 rings (SSSR count). The number of aliphatic hydroxyl groups is 1. The quantitative estimate of drug-likeness (QED) is 0.877. The Morgan fingerprint density at radius 1 is 0.952 bits per heavy atom. The van der Waals surface area contributed by atoms with Crippen molar-refractivity contribution in [3.8, 4) is 0 Å². The molecule has 0 unspecified atom stereocenters. The van der Waals surface area contributed by atoms with E-state index in [-0.39, 0.29) is 34.8 Å². The van der Waals surface area contributed by atoms with E-state index in [0.717, 1.165) is 5.56 Å². The van der Waals surface area contributed by atoms with Crippen molar-refractivity contribution in [2.45, 2.75) is 22.3 Å². The zero-order valence-corrected chi connectivity index (χ0v) is 13.0. The van der Waals surface area contributed by atoms with Crippen molar-refractivity contribution in [3.05, 3.63) is 60.2 Å². The molecule has 0 radical (unpaired) electrons. The Hall–Kier alpha value is -1.40. The second-order valence-electron chi connectivity index (χ2n) is 4.61. The summed E-state index contributed by atoms with van der Waals surface area (Å²) in [7, 11) is -3.47. The van der Waals surface area contributed by atoms with Gasteiger partial charge in [-0.2, -0.15) is 0 Å². The van der Waals surface area contributed by atoms with Crippen molar-refractivity contribution in [2.24, 2.45) is 5.73 Å². The first-order valence-corrected chi connectivity index (χ1v) is 7.78. The molecule has 0 spiro atoms. The number of hydrogen-bond acceptors (Lipinski definition) is 4. The van der Waals surface area contributed by atoms with E-state index in [2.05, 4.69) is 0 Å². The monoisotopic (exact) mass is 327 g/mol. The summed E-state index contributed by atoms with van der Waals surface area (Å²) in [5, 5.41) is 8.91. The van der Waals surface area contributed by atoms with Crippen LogP contribution in [0.4, 0.5) is 0 Å². The van der Waals surface area contributed by atoms with Crippen LogP contribution in [0.15, 0.2) is 64.4 Å². The molecule has 3 N–H and O–H groups in total. The first kappa shape index (κ1) is 17.7. The third-order valence-electron chi connectivity index (χ3n) is 3.02. The van der Waals surface area contributed by atoms with Crippen LogP contribution in [0, 0.1) is 0 Å². The molecule has 0 aliphatic heterocycles. The fourth-order valence-electron chi connectivity index (χ4n) is 1.91. The van der Waals surface area contributed by atoms with Gasteiger partial charge in [0.25, 0.3) is 0 Å². The smallest absolute Gasteiger partial charge is 0.206 e. The minimum absolute atomic E-state index is 0. The highest BCUT2D eigenvalue weighted by Gasteiger charge is 2.16. The van der Waals surface area contributed by atoms with E-state index in [1.165, 1.54) is 0 Å². The van der Waals surface area contributed by atoms with Crippen LogP contribution in [0.25, 0.3) is 0 Å². The van der Waals surface area contributed by atoms with Crippen LogP contribution in [-0.4, -0.2) is 26.2 Å². The van der Waals surface area contributed by atoms with Crippen LogP contribution < -0.4 is 5.73 Å². The molecule has 0 saturated heterocycles. The van der Waals surface area contributed by atoms with Crippen molar-refractivity contribution in [1.29, 1.82) is 0 Å². The molecule has 0 amide bonds. The summed E-state index contributed by atoms with van der Waals surface area (Å²) in [6, 6.07) is 14.6. The lowest BCUT2D eigenvalue weighted by atomic mass is 10.1. The maximum Gasteiger partial charge on any atom is 0.206 e. The third-order valence-corrected chi connectivity index (χ3v) is 4.81. The van der Waals surface area contributed by atoms with E-state index in [1.807, 2.05) is 0 Å². The van der Waals surface area contributed by atoms with Gasteiger partial charge in [0.05, 0.1) is 16.4 Å². The molecule has 6 heteroatoms. The van der Waals surface area contributed by atoms with Crippen LogP contribution in [0.2, 0.25) is 0 Å². The summed E-state index contributed by atoms with van der Waals surface area (Å²) >= 11 is 0. The van der Waals surface area contributed by atoms with Gasteiger partial charge in [-0.3, -0.25) is 0 Å². The average molecular weight is 328 g/mol. The van der Waals surface area contributed by atoms with Gasteiger partial charge in [0.15, 0.2) is 0 Å². The van der Waals surface area contributed by atoms with E-state index in [9.17, 15) is 8.42 Å². The highest BCUT2D eigenvalue weighted by Crippen LogP contribution is 2.20. The molecule has 0 aromatic heterocycles. The first-order valence-electron chi connectivity index (χ1n) is 6.29. The molecule has 0 aliphatic carbocycles. The number of benzene rings is 2. The number of nitrogens with two attached hydrogens (primary N) is 1. The van der Waals surface area contributed by atoms with Gasteiger partial charge in [0.2, 0.25) is 9.84 Å². The van der Waals surface area contributed by atoms with Crippen molar-refractivity contribution < 1.29 is 13.5 Å². The molecule has 0 aliphatic rings. The van der Waals surface area contributed by atoms with Crippen LogP contribution in [0.5, 0.6) is 0 Å². The predicted molar refractivity (Wildman–Crippen MR) is 84.3 cm³/mol. The molecular formula is C15H18ClNO3S. The second kappa shape index (κ2) is 7.56. The number of aliphatic hydroxyl groups excluding tert-OH is 1. The molecule has 2 aromatic rings. The Morgan fingerprint density at radius 2 is 1.48 bits per heavy atom. The Bertz CT molecular complexity index is 657. The van der Waals surface area contributed by atoms with E-state index < -0.39 is 9.84 Å². The van der Waals surface area contributed by atoms with Crippen LogP contribution in [0.3, 0.4) is 0 Å². The van der Waals surface area contributed by atoms with Gasteiger partial charge in [-0.25, -0.2) is 8.42 Å². The SMILES string of the molecule is Cl.N[C@H](CO)Cc1ccc(S(=O)(=O)c2ccccc2)cc1. The first-order chi connectivity index (χ1) is 9.54. The summed E-state index contributed by atoms with van der Waals surface area (Å²) in [4.78, 5) is 0.532. The summed E-state index contributed by atoms with van der Waals surface area (Å²) in [5.41, 5.74) is 6.55. The molecule has 0 saturated carbocycles. The van der Waals surface area contributed by atoms with Crippen molar-refractivity contribution in [2.75, 3.05) is 6.61 Å². The molecule has 0 heterocycles. The maximum absolute atomic E-state index is 12.4. The van der Waals surface area contributed by atoms with Crippen LogP contribution in [0.1, 0.15) is 5.56 Å². The molecule has 1 atom stereocenters. The van der Waals surface area contributed by atoms with Gasteiger partial charge >= 0.3 is 0 Å². The Labute approximate surface area is 130 Å². The fraction of sp³-hybridized carbons (Fsp3) is 0.200. The van der Waals surface area contributed by atoms with Gasteiger partial charge < -0.3 is 10.8 Å². The summed E-state index contributed by atoms with van der Waals surface area (Å²) in [5.74, 6) is 0. The van der Waals surface area contributed by atoms with Gasteiger partial charge in [-0.05, 0) is 36.2 Å². The van der Waals surface area contributed by atoms with Gasteiger partial charge in [0, 0.05) is 6.04 Å². The van der Waals surface area contributed by atoms with Crippen molar-refractivity contribution in [1.82, 2.24) is 0 Å². The van der Waals surface area contributed by atoms with Gasteiger partial charge in [0.1, 0.15) is 0 Å². The molecule has 0 fully saturated rings. The molecule has 114 valence electrons. The van der Waals surface area contributed by atoms with Crippen molar-refractivity contribution in [3.63, 3.8) is 0 Å². The largest absolute Gasteiger partial charge is 0.395 e. The fourth-order valence-corrected chi connectivity index (χ4v) is 3.19. The molecular weight excluding hydrogens is 310 g/mol. The van der Waals surface area contributed by atoms with Crippen LogP contribution in [-0.2, 0) is 16.3 Å². The summed E-state index contributed by atoms with van der Waals surface area (Å²) in [6.07, 6.45) is 0.516. The minimum atomic E-state index is -3.47. The topological polar surface area (TPSA) is 80.4 Å². The Kier molecular flexibility index (Phi) is 6.36. The van der Waals surface area contributed by atoms with Gasteiger partial charge in [-0.1, -0.05) is 30.3 Å². The zero-order chi connectivity index (χ0) is 14.6. The normalized spacial score (nSPS) is 12.5. The third kappa shape index (κ3) is 4.28. The lowest BCUT2D eigenvalue weighted by Crippen LogP contribution is -2.26. The minimum Gasteiger partial charge on any atom is -0.395 e. The zero-order valence-electron chi connectivity index (χ0n) is 11.3. The van der Waals surface area contributed by atoms with Crippen molar-refractivity contribution >= 4 is 22.2 Å². The summed E-state index contributed by atoms with van der Waals surface area (Å²) in [6.45, 7) is -0.0932. The molecule has 2 aromatic carbocycles. The number of halogens is 1. The summed E-state index contributed by atoms with van der Waals surface area (Å²) < 4.78 is 24.7. The highest BCUT2D eigenvalue weighted by molar-refractivity contribution is 7.91. The number of hydrogen-bond donors (Lipinski definition) is 2. The van der Waals surface area contributed by atoms with E-state index in [1.54, 1.807) is 54.6 Å². The average Bonchev–Trinajstić information content (AvgIpc) is 2.48. The Balaban J connectivity index is 0.00000220. The van der Waals surface area contributed by atoms with Gasteiger partial charge in [-0.15, -0.1) is 12.4 Å². The van der Waals surface area contributed by atoms with Crippen LogP contribution >= 0.6 is 12.4 Å². The molecule has 21 heavy (non-hydrogen) atoms. The highest BCUT2D eigenvalue weighted by atomic mass is 35.5. The standard InChI is InChI=1S/C15H17NO3S.ClH/c16-13(11-17)10-12-6-8-15(9-7-12)20(18,19)14-4-2-1-3-5-14;/h1-9,13,17H,10-11,16H2;1H/t13-;/m0./s1. The van der Waals surface area contributed by atoms with E-state index in [0.29, 0.717) is 6.42 Å². The lowest BCUT2D eigenvalue weighted by Gasteiger charge is -2.09. The van der Waals surface area contributed by atoms with E-state index in [4.69, 9.17) is 10.8 Å². The number of sulfone groups is 1. The molecule has 4 nitrogen and oxygen atoms in total. The molecule has 0 bridgehead atoms. The lowest BCUT2D eigenvalue weighted by molar-refractivity contribution is 0.265.